The maximum absolute atomic E-state index is 14.4. The van der Waals surface area contributed by atoms with Crippen LogP contribution in [-0.2, 0) is 15.1 Å². The topological polar surface area (TPSA) is 57.0 Å². The van der Waals surface area contributed by atoms with Crippen LogP contribution in [0.2, 0.25) is 0 Å². The van der Waals surface area contributed by atoms with Gasteiger partial charge in [-0.2, -0.15) is 0 Å². The maximum Gasteiger partial charge on any atom is 0.262 e. The Morgan fingerprint density at radius 2 is 1.79 bits per heavy atom. The van der Waals surface area contributed by atoms with Gasteiger partial charge in [0.1, 0.15) is 11.6 Å². The quantitative estimate of drug-likeness (QED) is 0.308. The molecule has 2 aliphatic rings. The molecule has 0 saturated carbocycles. The first-order valence-corrected chi connectivity index (χ1v) is 12.8. The number of halogens is 4. The van der Waals surface area contributed by atoms with Gasteiger partial charge in [0.05, 0.1) is 5.56 Å². The van der Waals surface area contributed by atoms with E-state index in [1.165, 1.54) is 23.1 Å². The van der Waals surface area contributed by atoms with Gasteiger partial charge in [-0.1, -0.05) is 6.07 Å². The van der Waals surface area contributed by atoms with Crippen molar-refractivity contribution in [3.05, 3.63) is 93.5 Å². The number of benzene rings is 2. The summed E-state index contributed by atoms with van der Waals surface area (Å²) in [5.74, 6) is -4.72. The molecule has 1 atom stereocenters. The Labute approximate surface area is 225 Å². The average molecular weight is 543 g/mol. The fraction of sp³-hybridized carbons (Fsp3) is 0.414. The lowest BCUT2D eigenvalue weighted by Gasteiger charge is -2.34. The molecule has 0 aliphatic carbocycles. The van der Waals surface area contributed by atoms with Crippen molar-refractivity contribution in [2.75, 3.05) is 33.2 Å². The van der Waals surface area contributed by atoms with E-state index in [0.29, 0.717) is 62.3 Å². The molecular weight excluding hydrogens is 512 g/mol. The highest BCUT2D eigenvalue weighted by Crippen LogP contribution is 2.39. The van der Waals surface area contributed by atoms with Crippen molar-refractivity contribution >= 4 is 11.8 Å². The summed E-state index contributed by atoms with van der Waals surface area (Å²) < 4.78 is 55.1. The number of nitrogens with one attached hydrogen (secondary N) is 1. The second kappa shape index (κ2) is 11.6. The van der Waals surface area contributed by atoms with Crippen molar-refractivity contribution in [2.45, 2.75) is 44.1 Å². The Morgan fingerprint density at radius 1 is 1.08 bits per heavy atom. The molecule has 2 aromatic rings. The molecule has 1 saturated heterocycles. The van der Waals surface area contributed by atoms with Crippen LogP contribution in [-0.4, -0.2) is 54.8 Å². The third kappa shape index (κ3) is 5.83. The van der Waals surface area contributed by atoms with Crippen molar-refractivity contribution in [2.24, 2.45) is 0 Å². The number of nitrogens with zero attached hydrogens (tertiary/aromatic N) is 3. The van der Waals surface area contributed by atoms with E-state index in [2.05, 4.69) is 15.1 Å². The van der Waals surface area contributed by atoms with Crippen LogP contribution in [0.4, 0.5) is 17.6 Å². The van der Waals surface area contributed by atoms with Crippen molar-refractivity contribution < 1.29 is 27.2 Å². The first-order valence-electron chi connectivity index (χ1n) is 12.8. The molecule has 2 heterocycles. The number of hydrogen-bond acceptors (Lipinski definition) is 3. The Hall–Kier alpha value is -3.71. The SMILES string of the molecule is [C-]#[N+]C1(c2ccc(F)cc2F)CCN(CCCNC(=O)C2=C(C)N(C)C(=O)CC2c2ccc(F)c(F)c2)CC1. The Morgan fingerprint density at radius 3 is 2.44 bits per heavy atom. The Bertz CT molecular complexity index is 1350. The van der Waals surface area contributed by atoms with Gasteiger partial charge in [-0.3, -0.25) is 9.59 Å². The summed E-state index contributed by atoms with van der Waals surface area (Å²) in [6.07, 6.45) is 1.40. The minimum absolute atomic E-state index is 0.0348. The first-order chi connectivity index (χ1) is 18.6. The van der Waals surface area contributed by atoms with Crippen molar-refractivity contribution in [1.82, 2.24) is 15.1 Å². The molecule has 39 heavy (non-hydrogen) atoms. The van der Waals surface area contributed by atoms with Crippen LogP contribution >= 0.6 is 0 Å². The Kier molecular flexibility index (Phi) is 8.40. The molecule has 1 fully saturated rings. The van der Waals surface area contributed by atoms with Crippen LogP contribution in [0.25, 0.3) is 4.85 Å². The number of carbonyl (C=O) groups excluding carboxylic acids is 2. The van der Waals surface area contributed by atoms with E-state index < -0.39 is 34.7 Å². The van der Waals surface area contributed by atoms with Crippen molar-refractivity contribution in [3.63, 3.8) is 0 Å². The van der Waals surface area contributed by atoms with Gasteiger partial charge >= 0.3 is 0 Å². The molecule has 4 rings (SSSR count). The van der Waals surface area contributed by atoms with Gasteiger partial charge in [-0.25, -0.2) is 24.1 Å². The summed E-state index contributed by atoms with van der Waals surface area (Å²) in [6, 6.07) is 6.74. The van der Waals surface area contributed by atoms with Crippen LogP contribution in [0.1, 0.15) is 49.7 Å². The molecule has 0 bridgehead atoms. The molecular formula is C29H30F4N4O2. The molecule has 206 valence electrons. The lowest BCUT2D eigenvalue weighted by Crippen LogP contribution is -2.42. The van der Waals surface area contributed by atoms with Gasteiger partial charge in [0.15, 0.2) is 11.6 Å². The second-order valence-electron chi connectivity index (χ2n) is 10.1. The van der Waals surface area contributed by atoms with Crippen LogP contribution < -0.4 is 5.32 Å². The van der Waals surface area contributed by atoms with Crippen LogP contribution in [0.5, 0.6) is 0 Å². The van der Waals surface area contributed by atoms with E-state index in [1.54, 1.807) is 14.0 Å². The molecule has 2 aliphatic heterocycles. The smallest absolute Gasteiger partial charge is 0.262 e. The average Bonchev–Trinajstić information content (AvgIpc) is 2.91. The molecule has 6 nitrogen and oxygen atoms in total. The van der Waals surface area contributed by atoms with Gasteiger partial charge in [0.25, 0.3) is 5.54 Å². The fourth-order valence-electron chi connectivity index (χ4n) is 5.42. The summed E-state index contributed by atoms with van der Waals surface area (Å²) in [4.78, 5) is 32.9. The van der Waals surface area contributed by atoms with E-state index in [-0.39, 0.29) is 23.8 Å². The first kappa shape index (κ1) is 28.3. The largest absolute Gasteiger partial charge is 0.352 e. The zero-order valence-corrected chi connectivity index (χ0v) is 21.9. The lowest BCUT2D eigenvalue weighted by atomic mass is 9.81. The highest BCUT2D eigenvalue weighted by Gasteiger charge is 2.44. The third-order valence-corrected chi connectivity index (χ3v) is 7.85. The van der Waals surface area contributed by atoms with Gasteiger partial charge in [-0.05, 0) is 49.7 Å². The monoisotopic (exact) mass is 542 g/mol. The van der Waals surface area contributed by atoms with E-state index in [1.807, 2.05) is 0 Å². The summed E-state index contributed by atoms with van der Waals surface area (Å²) >= 11 is 0. The molecule has 1 unspecified atom stereocenters. The lowest BCUT2D eigenvalue weighted by molar-refractivity contribution is -0.129. The minimum atomic E-state index is -1.04. The van der Waals surface area contributed by atoms with Gasteiger partial charge in [-0.15, -0.1) is 0 Å². The zero-order chi connectivity index (χ0) is 28.3. The highest BCUT2D eigenvalue weighted by molar-refractivity contribution is 5.99. The van der Waals surface area contributed by atoms with E-state index in [0.717, 1.165) is 18.2 Å². The third-order valence-electron chi connectivity index (χ3n) is 7.85. The molecule has 1 N–H and O–H groups in total. The van der Waals surface area contributed by atoms with Crippen LogP contribution in [0.15, 0.2) is 47.7 Å². The normalized spacial score (nSPS) is 19.7. The van der Waals surface area contributed by atoms with Crippen LogP contribution in [0, 0.1) is 29.8 Å². The molecule has 0 spiro atoms. The number of piperidine rings is 1. The molecule has 0 radical (unpaired) electrons. The molecule has 10 heteroatoms. The molecule has 2 aromatic carbocycles. The van der Waals surface area contributed by atoms with Crippen molar-refractivity contribution in [3.8, 4) is 0 Å². The van der Waals surface area contributed by atoms with E-state index >= 15 is 0 Å². The number of rotatable bonds is 7. The summed E-state index contributed by atoms with van der Waals surface area (Å²) in [5.41, 5.74) is 0.350. The zero-order valence-electron chi connectivity index (χ0n) is 21.9. The maximum atomic E-state index is 14.4. The summed E-state index contributed by atoms with van der Waals surface area (Å²) in [5, 5.41) is 2.89. The summed E-state index contributed by atoms with van der Waals surface area (Å²) in [6.45, 7) is 11.4. The van der Waals surface area contributed by atoms with E-state index in [9.17, 15) is 27.2 Å². The number of carbonyl (C=O) groups is 2. The van der Waals surface area contributed by atoms with Gasteiger partial charge in [0, 0.05) is 69.2 Å². The second-order valence-corrected chi connectivity index (χ2v) is 10.1. The van der Waals surface area contributed by atoms with Crippen molar-refractivity contribution in [1.29, 1.82) is 0 Å². The van der Waals surface area contributed by atoms with Gasteiger partial charge in [0.2, 0.25) is 11.8 Å². The molecule has 0 aromatic heterocycles. The number of hydrogen-bond donors (Lipinski definition) is 1. The van der Waals surface area contributed by atoms with Gasteiger partial charge < -0.3 is 20.0 Å². The summed E-state index contributed by atoms with van der Waals surface area (Å²) in [7, 11) is 1.57. The number of allylic oxidation sites excluding steroid dienone is 1. The predicted octanol–water partition coefficient (Wildman–Crippen LogP) is 4.88. The Balaban J connectivity index is 1.35. The molecule has 2 amide bonds. The number of likely N-dealkylation sites (tertiary alicyclic amines) is 1. The van der Waals surface area contributed by atoms with E-state index in [4.69, 9.17) is 6.57 Å². The highest BCUT2D eigenvalue weighted by atomic mass is 19.2. The number of amides is 2. The standard InChI is InChI=1S/C29H30F4N4O2/c1-18-27(21(17-26(38)36(18)3)19-5-8-23(31)25(33)15-19)28(39)35-11-4-12-37-13-9-29(34-2,10-14-37)22-7-6-20(30)16-24(22)32/h5-8,15-16,21H,4,9-14,17H2,1,3H3,(H,35,39). The minimum Gasteiger partial charge on any atom is -0.352 e. The fourth-order valence-corrected chi connectivity index (χ4v) is 5.42. The predicted molar refractivity (Wildman–Crippen MR) is 137 cm³/mol. The van der Waals surface area contributed by atoms with Crippen LogP contribution in [0.3, 0.4) is 0 Å².